The van der Waals surface area contributed by atoms with Gasteiger partial charge in [-0.3, -0.25) is 4.79 Å². The maximum absolute atomic E-state index is 11.7. The first-order valence-electron chi connectivity index (χ1n) is 5.88. The first-order chi connectivity index (χ1) is 8.62. The molecule has 5 nitrogen and oxygen atoms in total. The van der Waals surface area contributed by atoms with E-state index in [1.54, 1.807) is 39.3 Å². The predicted octanol–water partition coefficient (Wildman–Crippen LogP) is 1.64. The molecule has 0 spiro atoms. The molecule has 0 heterocycles. The molecule has 5 heteroatoms. The van der Waals surface area contributed by atoms with Gasteiger partial charge < -0.3 is 20.1 Å². The Labute approximate surface area is 107 Å². The van der Waals surface area contributed by atoms with Crippen molar-refractivity contribution in [3.05, 3.63) is 18.2 Å². The van der Waals surface area contributed by atoms with Gasteiger partial charge in [0.25, 0.3) is 0 Å². The van der Waals surface area contributed by atoms with Gasteiger partial charge in [-0.2, -0.15) is 0 Å². The molecule has 1 aromatic carbocycles. The molecule has 1 rings (SSSR count). The Balaban J connectivity index is 2.84. The second-order valence-corrected chi connectivity index (χ2v) is 3.83. The van der Waals surface area contributed by atoms with E-state index >= 15 is 0 Å². The number of amides is 1. The summed E-state index contributed by atoms with van der Waals surface area (Å²) in [5, 5.41) is 5.86. The lowest BCUT2D eigenvalue weighted by Crippen LogP contribution is -2.37. The van der Waals surface area contributed by atoms with E-state index in [1.165, 1.54) is 0 Å². The highest BCUT2D eigenvalue weighted by atomic mass is 16.5. The molecule has 0 fully saturated rings. The monoisotopic (exact) mass is 252 g/mol. The van der Waals surface area contributed by atoms with Gasteiger partial charge in [-0.15, -0.1) is 0 Å². The van der Waals surface area contributed by atoms with Crippen LogP contribution in [0.15, 0.2) is 18.2 Å². The van der Waals surface area contributed by atoms with Gasteiger partial charge >= 0.3 is 0 Å². The minimum atomic E-state index is -0.342. The number of rotatable bonds is 6. The Morgan fingerprint density at radius 3 is 2.61 bits per heavy atom. The van der Waals surface area contributed by atoms with Crippen molar-refractivity contribution in [3.8, 4) is 11.5 Å². The third-order valence-electron chi connectivity index (χ3n) is 2.52. The number of carbonyl (C=O) groups excluding carboxylic acids is 1. The van der Waals surface area contributed by atoms with Gasteiger partial charge in [0.2, 0.25) is 5.91 Å². The highest BCUT2D eigenvalue weighted by molar-refractivity contribution is 5.84. The zero-order valence-corrected chi connectivity index (χ0v) is 11.2. The van der Waals surface area contributed by atoms with Crippen LogP contribution in [0.25, 0.3) is 0 Å². The van der Waals surface area contributed by atoms with Gasteiger partial charge in [0.05, 0.1) is 19.9 Å². The summed E-state index contributed by atoms with van der Waals surface area (Å²) < 4.78 is 10.4. The number of carbonyl (C=O) groups is 1. The first-order valence-corrected chi connectivity index (χ1v) is 5.88. The van der Waals surface area contributed by atoms with Crippen molar-refractivity contribution in [3.63, 3.8) is 0 Å². The third kappa shape index (κ3) is 3.55. The Morgan fingerprint density at radius 1 is 1.33 bits per heavy atom. The van der Waals surface area contributed by atoms with Crippen molar-refractivity contribution in [2.24, 2.45) is 0 Å². The lowest BCUT2D eigenvalue weighted by atomic mass is 10.2. The van der Waals surface area contributed by atoms with Crippen LogP contribution in [0.1, 0.15) is 13.8 Å². The van der Waals surface area contributed by atoms with E-state index in [0.29, 0.717) is 18.0 Å². The molecule has 2 N–H and O–H groups in total. The standard InChI is InChI=1S/C13H20N2O3/c1-5-14-13(16)9(2)15-11-8-10(17-3)6-7-12(11)18-4/h6-9,15H,5H2,1-4H3,(H,14,16). The maximum Gasteiger partial charge on any atom is 0.242 e. The molecule has 100 valence electrons. The van der Waals surface area contributed by atoms with Crippen LogP contribution in [0, 0.1) is 0 Å². The van der Waals surface area contributed by atoms with E-state index in [4.69, 9.17) is 9.47 Å². The van der Waals surface area contributed by atoms with E-state index in [9.17, 15) is 4.79 Å². The number of likely N-dealkylation sites (N-methyl/N-ethyl adjacent to an activating group) is 1. The molecule has 0 saturated carbocycles. The molecule has 0 aliphatic heterocycles. The molecule has 1 atom stereocenters. The van der Waals surface area contributed by atoms with Crippen LogP contribution in [0.5, 0.6) is 11.5 Å². The molecular formula is C13H20N2O3. The Bertz CT molecular complexity index is 407. The smallest absolute Gasteiger partial charge is 0.242 e. The number of ether oxygens (including phenoxy) is 2. The number of anilines is 1. The van der Waals surface area contributed by atoms with Crippen LogP contribution in [0.4, 0.5) is 5.69 Å². The maximum atomic E-state index is 11.7. The Kier molecular flexibility index (Phi) is 5.30. The quantitative estimate of drug-likeness (QED) is 0.808. The van der Waals surface area contributed by atoms with Gasteiger partial charge in [0.1, 0.15) is 17.5 Å². The van der Waals surface area contributed by atoms with Crippen molar-refractivity contribution >= 4 is 11.6 Å². The first kappa shape index (κ1) is 14.2. The zero-order valence-electron chi connectivity index (χ0n) is 11.2. The minimum Gasteiger partial charge on any atom is -0.497 e. The van der Waals surface area contributed by atoms with Gasteiger partial charge in [-0.05, 0) is 26.0 Å². The SMILES string of the molecule is CCNC(=O)C(C)Nc1cc(OC)ccc1OC. The fraction of sp³-hybridized carbons (Fsp3) is 0.462. The predicted molar refractivity (Wildman–Crippen MR) is 71.3 cm³/mol. The largest absolute Gasteiger partial charge is 0.497 e. The zero-order chi connectivity index (χ0) is 13.5. The minimum absolute atomic E-state index is 0.0534. The lowest BCUT2D eigenvalue weighted by Gasteiger charge is -2.17. The fourth-order valence-corrected chi connectivity index (χ4v) is 1.55. The molecular weight excluding hydrogens is 232 g/mol. The van der Waals surface area contributed by atoms with Gasteiger partial charge in [-0.25, -0.2) is 0 Å². The average Bonchev–Trinajstić information content (AvgIpc) is 2.38. The summed E-state index contributed by atoms with van der Waals surface area (Å²) in [6, 6.07) is 5.06. The number of nitrogens with one attached hydrogen (secondary N) is 2. The molecule has 0 aliphatic carbocycles. The van der Waals surface area contributed by atoms with Crippen LogP contribution in [-0.4, -0.2) is 32.7 Å². The van der Waals surface area contributed by atoms with Gasteiger partial charge in [0.15, 0.2) is 0 Å². The van der Waals surface area contributed by atoms with Crippen LogP contribution in [0.2, 0.25) is 0 Å². The molecule has 1 unspecified atom stereocenters. The van der Waals surface area contributed by atoms with Gasteiger partial charge in [-0.1, -0.05) is 0 Å². The Morgan fingerprint density at radius 2 is 2.06 bits per heavy atom. The highest BCUT2D eigenvalue weighted by Crippen LogP contribution is 2.29. The molecule has 0 bridgehead atoms. The topological polar surface area (TPSA) is 59.6 Å². The Hall–Kier alpha value is -1.91. The van der Waals surface area contributed by atoms with Crippen LogP contribution in [0.3, 0.4) is 0 Å². The molecule has 0 saturated heterocycles. The van der Waals surface area contributed by atoms with E-state index in [1.807, 2.05) is 6.92 Å². The summed E-state index contributed by atoms with van der Waals surface area (Å²) >= 11 is 0. The molecule has 1 amide bonds. The number of methoxy groups -OCH3 is 2. The van der Waals surface area contributed by atoms with E-state index < -0.39 is 0 Å². The van der Waals surface area contributed by atoms with Crippen molar-refractivity contribution in [2.75, 3.05) is 26.1 Å². The fourth-order valence-electron chi connectivity index (χ4n) is 1.55. The summed E-state index contributed by atoms with van der Waals surface area (Å²) in [4.78, 5) is 11.7. The van der Waals surface area contributed by atoms with Crippen LogP contribution in [-0.2, 0) is 4.79 Å². The van der Waals surface area contributed by atoms with E-state index in [-0.39, 0.29) is 11.9 Å². The summed E-state index contributed by atoms with van der Waals surface area (Å²) in [7, 11) is 3.18. The second-order valence-electron chi connectivity index (χ2n) is 3.83. The summed E-state index contributed by atoms with van der Waals surface area (Å²) in [6.07, 6.45) is 0. The normalized spacial score (nSPS) is 11.6. The number of hydrogen-bond acceptors (Lipinski definition) is 4. The van der Waals surface area contributed by atoms with Crippen molar-refractivity contribution in [1.29, 1.82) is 0 Å². The molecule has 18 heavy (non-hydrogen) atoms. The van der Waals surface area contributed by atoms with Crippen LogP contribution < -0.4 is 20.1 Å². The lowest BCUT2D eigenvalue weighted by molar-refractivity contribution is -0.121. The molecule has 0 radical (unpaired) electrons. The third-order valence-corrected chi connectivity index (χ3v) is 2.52. The summed E-state index contributed by atoms with van der Waals surface area (Å²) in [5.41, 5.74) is 0.732. The van der Waals surface area contributed by atoms with Crippen LogP contribution >= 0.6 is 0 Å². The molecule has 0 aromatic heterocycles. The highest BCUT2D eigenvalue weighted by Gasteiger charge is 2.14. The van der Waals surface area contributed by atoms with Crippen molar-refractivity contribution in [1.82, 2.24) is 5.32 Å². The molecule has 0 aliphatic rings. The second kappa shape index (κ2) is 6.74. The summed E-state index contributed by atoms with van der Waals surface area (Å²) in [5.74, 6) is 1.33. The van der Waals surface area contributed by atoms with Gasteiger partial charge in [0, 0.05) is 12.6 Å². The average molecular weight is 252 g/mol. The van der Waals surface area contributed by atoms with E-state index in [2.05, 4.69) is 10.6 Å². The molecule has 1 aromatic rings. The van der Waals surface area contributed by atoms with Crippen molar-refractivity contribution in [2.45, 2.75) is 19.9 Å². The number of benzene rings is 1. The summed E-state index contributed by atoms with van der Waals surface area (Å²) in [6.45, 7) is 4.29. The van der Waals surface area contributed by atoms with E-state index in [0.717, 1.165) is 5.69 Å². The number of hydrogen-bond donors (Lipinski definition) is 2. The van der Waals surface area contributed by atoms with Crippen molar-refractivity contribution < 1.29 is 14.3 Å².